The Morgan fingerprint density at radius 3 is 2.76 bits per heavy atom. The van der Waals surface area contributed by atoms with E-state index in [2.05, 4.69) is 5.10 Å². The molecule has 0 bridgehead atoms. The number of halogens is 1. The van der Waals surface area contributed by atoms with Gasteiger partial charge in [-0.15, -0.1) is 0 Å². The number of nitrogens with two attached hydrogens (primary N) is 1. The molecule has 2 aromatic rings. The minimum absolute atomic E-state index is 0.111. The predicted octanol–water partition coefficient (Wildman–Crippen LogP) is 2.32. The topological polar surface area (TPSA) is 87.0 Å². The lowest BCUT2D eigenvalue weighted by atomic mass is 10.2. The van der Waals surface area contributed by atoms with Gasteiger partial charge in [-0.3, -0.25) is 10.1 Å². The highest BCUT2D eigenvalue weighted by molar-refractivity contribution is 6.30. The summed E-state index contributed by atoms with van der Waals surface area (Å²) in [5.41, 5.74) is 6.59. The molecule has 1 aromatic heterocycles. The number of nitro benzene ring substituents is 1. The summed E-state index contributed by atoms with van der Waals surface area (Å²) in [6, 6.07) is 4.38. The van der Waals surface area contributed by atoms with Crippen molar-refractivity contribution in [2.24, 2.45) is 0 Å². The average Bonchev–Trinajstić information content (AvgIpc) is 2.59. The summed E-state index contributed by atoms with van der Waals surface area (Å²) in [7, 11) is 0. The number of aromatic nitrogens is 2. The predicted molar refractivity (Wildman–Crippen MR) is 64.4 cm³/mol. The van der Waals surface area contributed by atoms with E-state index in [4.69, 9.17) is 17.3 Å². The molecule has 0 unspecified atom stereocenters. The molecule has 0 atom stereocenters. The van der Waals surface area contributed by atoms with Crippen molar-refractivity contribution < 1.29 is 4.92 Å². The van der Waals surface area contributed by atoms with Crippen molar-refractivity contribution in [2.45, 2.75) is 6.92 Å². The minimum atomic E-state index is -0.506. The highest BCUT2D eigenvalue weighted by Crippen LogP contribution is 2.27. The molecule has 0 aliphatic rings. The molecule has 7 heteroatoms. The Kier molecular flexibility index (Phi) is 2.72. The van der Waals surface area contributed by atoms with E-state index in [1.165, 1.54) is 16.8 Å². The second-order valence-electron chi connectivity index (χ2n) is 3.53. The van der Waals surface area contributed by atoms with Crippen LogP contribution in [-0.2, 0) is 0 Å². The SMILES string of the molecule is Cc1cn(-c2ccc(Cl)cc2[N+](=O)[O-])nc1N. The molecular formula is C10H9ClN4O2. The number of hydrogen-bond donors (Lipinski definition) is 1. The van der Waals surface area contributed by atoms with Crippen LogP contribution in [0.25, 0.3) is 5.69 Å². The third-order valence-electron chi connectivity index (χ3n) is 2.32. The summed E-state index contributed by atoms with van der Waals surface area (Å²) in [6.07, 6.45) is 1.63. The van der Waals surface area contributed by atoms with Gasteiger partial charge in [-0.2, -0.15) is 5.10 Å². The molecule has 2 rings (SSSR count). The van der Waals surface area contributed by atoms with Crippen LogP contribution in [0.4, 0.5) is 11.5 Å². The quantitative estimate of drug-likeness (QED) is 0.656. The molecule has 6 nitrogen and oxygen atoms in total. The molecule has 0 aliphatic carbocycles. The summed E-state index contributed by atoms with van der Waals surface area (Å²) in [4.78, 5) is 10.4. The number of aryl methyl sites for hydroxylation is 1. The number of hydrogen-bond acceptors (Lipinski definition) is 4. The molecule has 0 saturated carbocycles. The van der Waals surface area contributed by atoms with Crippen LogP contribution in [0, 0.1) is 17.0 Å². The van der Waals surface area contributed by atoms with E-state index in [0.29, 0.717) is 16.5 Å². The number of nitro groups is 1. The van der Waals surface area contributed by atoms with E-state index < -0.39 is 4.92 Å². The van der Waals surface area contributed by atoms with Crippen molar-refractivity contribution in [3.63, 3.8) is 0 Å². The highest BCUT2D eigenvalue weighted by Gasteiger charge is 2.17. The van der Waals surface area contributed by atoms with Gasteiger partial charge in [-0.25, -0.2) is 4.68 Å². The van der Waals surface area contributed by atoms with Gasteiger partial charge in [-0.1, -0.05) is 11.6 Å². The van der Waals surface area contributed by atoms with Crippen LogP contribution in [0.2, 0.25) is 5.02 Å². The van der Waals surface area contributed by atoms with Crippen LogP contribution < -0.4 is 5.73 Å². The molecule has 0 fully saturated rings. The molecule has 0 radical (unpaired) electrons. The van der Waals surface area contributed by atoms with Gasteiger partial charge in [0.25, 0.3) is 5.69 Å². The molecular weight excluding hydrogens is 244 g/mol. The lowest BCUT2D eigenvalue weighted by molar-refractivity contribution is -0.384. The van der Waals surface area contributed by atoms with Crippen molar-refractivity contribution in [3.8, 4) is 5.69 Å². The second-order valence-corrected chi connectivity index (χ2v) is 3.97. The Balaban J connectivity index is 2.62. The second kappa shape index (κ2) is 4.06. The van der Waals surface area contributed by atoms with Gasteiger partial charge in [0.1, 0.15) is 11.5 Å². The number of rotatable bonds is 2. The van der Waals surface area contributed by atoms with Gasteiger partial charge in [0.05, 0.1) is 4.92 Å². The number of benzene rings is 1. The fraction of sp³-hybridized carbons (Fsp3) is 0.100. The van der Waals surface area contributed by atoms with Crippen molar-refractivity contribution in [1.82, 2.24) is 9.78 Å². The van der Waals surface area contributed by atoms with E-state index in [0.717, 1.165) is 5.56 Å². The molecule has 0 amide bonds. The largest absolute Gasteiger partial charge is 0.382 e. The van der Waals surface area contributed by atoms with Gasteiger partial charge < -0.3 is 5.73 Å². The lowest BCUT2D eigenvalue weighted by Crippen LogP contribution is -2.01. The van der Waals surface area contributed by atoms with Crippen molar-refractivity contribution in [3.05, 3.63) is 45.1 Å². The first kappa shape index (κ1) is 11.4. The monoisotopic (exact) mass is 252 g/mol. The van der Waals surface area contributed by atoms with E-state index in [-0.39, 0.29) is 5.69 Å². The van der Waals surface area contributed by atoms with Crippen LogP contribution >= 0.6 is 11.6 Å². The normalized spacial score (nSPS) is 10.5. The maximum absolute atomic E-state index is 10.9. The molecule has 17 heavy (non-hydrogen) atoms. The van der Waals surface area contributed by atoms with E-state index >= 15 is 0 Å². The third-order valence-corrected chi connectivity index (χ3v) is 2.55. The molecule has 0 aliphatic heterocycles. The van der Waals surface area contributed by atoms with E-state index in [9.17, 15) is 10.1 Å². The maximum atomic E-state index is 10.9. The fourth-order valence-corrected chi connectivity index (χ4v) is 1.60. The number of nitrogen functional groups attached to an aromatic ring is 1. The third kappa shape index (κ3) is 2.07. The lowest BCUT2D eigenvalue weighted by Gasteiger charge is -2.02. The Bertz CT molecular complexity index is 574. The summed E-state index contributed by atoms with van der Waals surface area (Å²) in [5, 5.41) is 15.2. The zero-order valence-corrected chi connectivity index (χ0v) is 9.68. The first-order chi connectivity index (χ1) is 7.99. The van der Waals surface area contributed by atoms with Gasteiger partial charge >= 0.3 is 0 Å². The summed E-state index contributed by atoms with van der Waals surface area (Å²) < 4.78 is 1.37. The summed E-state index contributed by atoms with van der Waals surface area (Å²) in [5.74, 6) is 0.342. The van der Waals surface area contributed by atoms with Crippen molar-refractivity contribution in [2.75, 3.05) is 5.73 Å². The molecule has 0 spiro atoms. The average molecular weight is 253 g/mol. The highest BCUT2D eigenvalue weighted by atomic mass is 35.5. The van der Waals surface area contributed by atoms with Crippen molar-refractivity contribution >= 4 is 23.1 Å². The van der Waals surface area contributed by atoms with Crippen LogP contribution in [0.3, 0.4) is 0 Å². The van der Waals surface area contributed by atoms with Gasteiger partial charge in [0.15, 0.2) is 0 Å². The van der Waals surface area contributed by atoms with Gasteiger partial charge in [0, 0.05) is 22.8 Å². The Morgan fingerprint density at radius 1 is 1.53 bits per heavy atom. The standard InChI is InChI=1S/C10H9ClN4O2/c1-6-5-14(13-10(6)12)8-3-2-7(11)4-9(8)15(16)17/h2-5H,1H3,(H2,12,13). The summed E-state index contributed by atoms with van der Waals surface area (Å²) >= 11 is 5.73. The molecule has 88 valence electrons. The fourth-order valence-electron chi connectivity index (χ4n) is 1.43. The van der Waals surface area contributed by atoms with E-state index in [1.807, 2.05) is 0 Å². The number of nitrogens with zero attached hydrogens (tertiary/aromatic N) is 3. The van der Waals surface area contributed by atoms with Crippen LogP contribution in [0.5, 0.6) is 0 Å². The van der Waals surface area contributed by atoms with E-state index in [1.54, 1.807) is 19.2 Å². The smallest absolute Gasteiger partial charge is 0.296 e. The first-order valence-electron chi connectivity index (χ1n) is 4.75. The first-order valence-corrected chi connectivity index (χ1v) is 5.13. The zero-order valence-electron chi connectivity index (χ0n) is 8.92. The van der Waals surface area contributed by atoms with Crippen molar-refractivity contribution in [1.29, 1.82) is 0 Å². The summed E-state index contributed by atoms with van der Waals surface area (Å²) in [6.45, 7) is 1.78. The maximum Gasteiger partial charge on any atom is 0.296 e. The Morgan fingerprint density at radius 2 is 2.24 bits per heavy atom. The number of anilines is 1. The zero-order chi connectivity index (χ0) is 12.6. The molecule has 2 N–H and O–H groups in total. The Labute approximate surface area is 102 Å². The molecule has 0 saturated heterocycles. The van der Waals surface area contributed by atoms with Crippen LogP contribution in [-0.4, -0.2) is 14.7 Å². The Hall–Kier alpha value is -2.08. The molecule has 1 aromatic carbocycles. The van der Waals surface area contributed by atoms with Crippen LogP contribution in [0.1, 0.15) is 5.56 Å². The van der Waals surface area contributed by atoms with Crippen LogP contribution in [0.15, 0.2) is 24.4 Å². The van der Waals surface area contributed by atoms with Gasteiger partial charge in [-0.05, 0) is 19.1 Å². The van der Waals surface area contributed by atoms with Gasteiger partial charge in [0.2, 0.25) is 0 Å². The minimum Gasteiger partial charge on any atom is -0.382 e. The molecule has 1 heterocycles.